The van der Waals surface area contributed by atoms with Crippen molar-refractivity contribution in [3.05, 3.63) is 121 Å². The Morgan fingerprint density at radius 3 is 1.90 bits per heavy atom. The Hall–Kier alpha value is -5.49. The zero-order valence-electron chi connectivity index (χ0n) is 20.9. The van der Waals surface area contributed by atoms with Crippen LogP contribution in [0.3, 0.4) is 0 Å². The Morgan fingerprint density at radius 2 is 1.13 bits per heavy atom. The fourth-order valence-electron chi connectivity index (χ4n) is 5.77. The maximum Gasteiger partial charge on any atom is 0.240 e. The van der Waals surface area contributed by atoms with Gasteiger partial charge in [0.25, 0.3) is 0 Å². The van der Waals surface area contributed by atoms with Crippen molar-refractivity contribution in [2.45, 2.75) is 0 Å². The zero-order chi connectivity index (χ0) is 25.9. The summed E-state index contributed by atoms with van der Waals surface area (Å²) in [6.07, 6.45) is 0. The number of aromatic nitrogens is 5. The molecule has 6 nitrogen and oxygen atoms in total. The van der Waals surface area contributed by atoms with Crippen LogP contribution in [0.2, 0.25) is 0 Å². The second-order valence-electron chi connectivity index (χ2n) is 9.58. The highest BCUT2D eigenvalue weighted by molar-refractivity contribution is 6.26. The van der Waals surface area contributed by atoms with E-state index in [0.717, 1.165) is 54.9 Å². The molecule has 2 N–H and O–H groups in total. The summed E-state index contributed by atoms with van der Waals surface area (Å²) in [4.78, 5) is 14.1. The average Bonchev–Trinajstić information content (AvgIpc) is 3.51. The molecule has 0 aliphatic heterocycles. The van der Waals surface area contributed by atoms with Gasteiger partial charge < -0.3 is 10.3 Å². The van der Waals surface area contributed by atoms with Crippen LogP contribution in [-0.2, 0) is 0 Å². The number of nitrogens with two attached hydrogens (primary N) is 1. The molecular formula is C33H22N6. The van der Waals surface area contributed by atoms with Crippen molar-refractivity contribution in [3.63, 3.8) is 0 Å². The van der Waals surface area contributed by atoms with E-state index in [9.17, 15) is 0 Å². The van der Waals surface area contributed by atoms with Gasteiger partial charge in [0.05, 0.1) is 22.1 Å². The molecule has 0 aliphatic carbocycles. The quantitative estimate of drug-likeness (QED) is 0.275. The summed E-state index contributed by atoms with van der Waals surface area (Å²) in [5, 5.41) is 4.57. The van der Waals surface area contributed by atoms with E-state index < -0.39 is 0 Å². The Bertz CT molecular complexity index is 2180. The van der Waals surface area contributed by atoms with E-state index in [0.29, 0.717) is 11.8 Å². The van der Waals surface area contributed by atoms with Gasteiger partial charge in [0.15, 0.2) is 5.82 Å². The third kappa shape index (κ3) is 3.18. The lowest BCUT2D eigenvalue weighted by atomic mass is 10.1. The zero-order valence-corrected chi connectivity index (χ0v) is 20.9. The van der Waals surface area contributed by atoms with Crippen LogP contribution in [0.25, 0.3) is 66.6 Å². The normalized spacial score (nSPS) is 11.7. The molecule has 0 aliphatic rings. The maximum atomic E-state index is 6.29. The van der Waals surface area contributed by atoms with Gasteiger partial charge >= 0.3 is 0 Å². The molecule has 0 saturated carbocycles. The number of nitrogen functional groups attached to an aromatic ring is 1. The minimum Gasteiger partial charge on any atom is -0.368 e. The van der Waals surface area contributed by atoms with E-state index in [1.165, 1.54) is 0 Å². The molecule has 0 bridgehead atoms. The molecule has 0 saturated heterocycles. The van der Waals surface area contributed by atoms with Crippen molar-refractivity contribution >= 4 is 49.6 Å². The van der Waals surface area contributed by atoms with Crippen LogP contribution in [0, 0.1) is 0 Å². The molecule has 5 aromatic carbocycles. The molecule has 3 aromatic heterocycles. The Labute approximate surface area is 223 Å². The number of nitrogens with zero attached hydrogens (tertiary/aromatic N) is 5. The number of hydrogen-bond acceptors (Lipinski definition) is 4. The molecule has 8 aromatic rings. The van der Waals surface area contributed by atoms with Gasteiger partial charge in [-0.15, -0.1) is 0 Å². The van der Waals surface area contributed by atoms with Gasteiger partial charge in [-0.25, -0.2) is 0 Å². The van der Waals surface area contributed by atoms with Crippen molar-refractivity contribution in [1.82, 2.24) is 24.1 Å². The van der Waals surface area contributed by atoms with E-state index in [2.05, 4.69) is 98.0 Å². The minimum absolute atomic E-state index is 0.184. The van der Waals surface area contributed by atoms with Crippen molar-refractivity contribution in [2.24, 2.45) is 0 Å². The number of anilines is 1. The van der Waals surface area contributed by atoms with Gasteiger partial charge in [0.2, 0.25) is 11.9 Å². The second kappa shape index (κ2) is 8.26. The molecule has 184 valence electrons. The van der Waals surface area contributed by atoms with Crippen molar-refractivity contribution in [2.75, 3.05) is 5.73 Å². The molecule has 0 spiro atoms. The highest BCUT2D eigenvalue weighted by Gasteiger charge is 2.22. The predicted molar refractivity (Wildman–Crippen MR) is 158 cm³/mol. The number of para-hydroxylation sites is 3. The van der Waals surface area contributed by atoms with Gasteiger partial charge in [-0.1, -0.05) is 91.0 Å². The fourth-order valence-corrected chi connectivity index (χ4v) is 5.77. The van der Waals surface area contributed by atoms with Crippen molar-refractivity contribution in [1.29, 1.82) is 0 Å². The molecule has 8 rings (SSSR count). The maximum absolute atomic E-state index is 6.29. The first kappa shape index (κ1) is 21.6. The highest BCUT2D eigenvalue weighted by atomic mass is 15.2. The lowest BCUT2D eigenvalue weighted by Crippen LogP contribution is -2.07. The first-order valence-electron chi connectivity index (χ1n) is 12.9. The van der Waals surface area contributed by atoms with E-state index in [-0.39, 0.29) is 5.95 Å². The van der Waals surface area contributed by atoms with Crippen molar-refractivity contribution in [3.8, 4) is 23.0 Å². The molecule has 0 fully saturated rings. The lowest BCUT2D eigenvalue weighted by Gasteiger charge is -2.10. The summed E-state index contributed by atoms with van der Waals surface area (Å²) in [6.45, 7) is 0. The molecule has 0 unspecified atom stereocenters. The first-order chi connectivity index (χ1) is 19.3. The Kier molecular flexibility index (Phi) is 4.57. The number of rotatable bonds is 3. The van der Waals surface area contributed by atoms with Crippen molar-refractivity contribution < 1.29 is 0 Å². The Morgan fingerprint density at radius 1 is 0.487 bits per heavy atom. The van der Waals surface area contributed by atoms with E-state index in [1.54, 1.807) is 0 Å². The minimum atomic E-state index is 0.184. The number of hydrogen-bond donors (Lipinski definition) is 1. The van der Waals surface area contributed by atoms with Crippen LogP contribution >= 0.6 is 0 Å². The molecule has 0 radical (unpaired) electrons. The third-order valence-electron chi connectivity index (χ3n) is 7.36. The van der Waals surface area contributed by atoms with Crippen LogP contribution < -0.4 is 5.73 Å². The van der Waals surface area contributed by atoms with Crippen LogP contribution in [0.4, 0.5) is 5.95 Å². The second-order valence-corrected chi connectivity index (χ2v) is 9.58. The van der Waals surface area contributed by atoms with E-state index >= 15 is 0 Å². The SMILES string of the molecule is Nc1nc(-c2ccccc2)nc(-n2c3ccccc3c3ccc4c(c5ccccc5n4-c4ccccc4)c32)n1. The number of fused-ring (bicyclic) bond motifs is 7. The predicted octanol–water partition coefficient (Wildman–Crippen LogP) is 7.32. The summed E-state index contributed by atoms with van der Waals surface area (Å²) in [7, 11) is 0. The van der Waals surface area contributed by atoms with Crippen LogP contribution in [-0.4, -0.2) is 24.1 Å². The van der Waals surface area contributed by atoms with Gasteiger partial charge in [0.1, 0.15) is 0 Å². The fraction of sp³-hybridized carbons (Fsp3) is 0. The summed E-state index contributed by atoms with van der Waals surface area (Å²) >= 11 is 0. The highest BCUT2D eigenvalue weighted by Crippen LogP contribution is 2.41. The van der Waals surface area contributed by atoms with Crippen LogP contribution in [0.15, 0.2) is 121 Å². The molecule has 6 heteroatoms. The summed E-state index contributed by atoms with van der Waals surface area (Å²) < 4.78 is 4.46. The van der Waals surface area contributed by atoms with E-state index in [1.807, 2.05) is 42.5 Å². The van der Waals surface area contributed by atoms with Crippen LogP contribution in [0.1, 0.15) is 0 Å². The van der Waals surface area contributed by atoms with Gasteiger partial charge in [-0.2, -0.15) is 15.0 Å². The van der Waals surface area contributed by atoms with Gasteiger partial charge in [-0.3, -0.25) is 4.57 Å². The monoisotopic (exact) mass is 502 g/mol. The molecule has 3 heterocycles. The standard InChI is InChI=1S/C33H22N6/c34-32-35-31(21-11-3-1-4-12-21)36-33(37-32)39-26-17-9-7-15-23(26)24-19-20-28-29(30(24)39)25-16-8-10-18-27(25)38(28)22-13-5-2-6-14-22/h1-20H,(H2,34,35,36,37). The lowest BCUT2D eigenvalue weighted by molar-refractivity contribution is 0.958. The first-order valence-corrected chi connectivity index (χ1v) is 12.9. The molecular weight excluding hydrogens is 480 g/mol. The molecule has 0 atom stereocenters. The summed E-state index contributed by atoms with van der Waals surface area (Å²) in [6, 6.07) is 41.7. The third-order valence-corrected chi connectivity index (χ3v) is 7.36. The van der Waals surface area contributed by atoms with Gasteiger partial charge in [-0.05, 0) is 30.3 Å². The van der Waals surface area contributed by atoms with Crippen LogP contribution in [0.5, 0.6) is 0 Å². The van der Waals surface area contributed by atoms with E-state index in [4.69, 9.17) is 10.7 Å². The van der Waals surface area contributed by atoms with Gasteiger partial charge in [0, 0.05) is 32.8 Å². The average molecular weight is 503 g/mol. The topological polar surface area (TPSA) is 74.5 Å². The molecule has 39 heavy (non-hydrogen) atoms. The number of benzene rings is 5. The smallest absolute Gasteiger partial charge is 0.240 e. The Balaban J connectivity index is 1.56. The summed E-state index contributed by atoms with van der Waals surface area (Å²) in [5.41, 5.74) is 12.6. The summed E-state index contributed by atoms with van der Waals surface area (Å²) in [5.74, 6) is 1.23. The largest absolute Gasteiger partial charge is 0.368 e. The molecule has 0 amide bonds.